The number of anilines is 1. The van der Waals surface area contributed by atoms with Gasteiger partial charge >= 0.3 is 0 Å². The van der Waals surface area contributed by atoms with E-state index >= 15 is 0 Å². The summed E-state index contributed by atoms with van der Waals surface area (Å²) in [4.78, 5) is 0. The molecule has 0 saturated carbocycles. The second-order valence-electron chi connectivity index (χ2n) is 2.59. The van der Waals surface area contributed by atoms with Gasteiger partial charge in [-0.2, -0.15) is 0 Å². The maximum Gasteiger partial charge on any atom is 0.146 e. The van der Waals surface area contributed by atoms with E-state index in [1.165, 1.54) is 0 Å². The van der Waals surface area contributed by atoms with Crippen LogP contribution in [0.1, 0.15) is 6.42 Å². The van der Waals surface area contributed by atoms with Gasteiger partial charge in [0.2, 0.25) is 0 Å². The summed E-state index contributed by atoms with van der Waals surface area (Å²) >= 11 is 5.43. The summed E-state index contributed by atoms with van der Waals surface area (Å²) in [7, 11) is 0. The van der Waals surface area contributed by atoms with Crippen molar-refractivity contribution in [1.82, 2.24) is 0 Å². The normalized spacial score (nSPS) is 10.1. The van der Waals surface area contributed by atoms with Crippen molar-refractivity contribution in [2.75, 3.05) is 17.7 Å². The molecule has 0 aliphatic carbocycles. The number of benzene rings is 1. The molecule has 0 aliphatic rings. The average molecular weight is 206 g/mol. The molecule has 1 nitrogen and oxygen atoms in total. The van der Waals surface area contributed by atoms with Crippen LogP contribution in [0.15, 0.2) is 18.2 Å². The zero-order valence-electron chi connectivity index (χ0n) is 6.99. The van der Waals surface area contributed by atoms with Crippen molar-refractivity contribution in [3.63, 3.8) is 0 Å². The van der Waals surface area contributed by atoms with Gasteiger partial charge in [0.15, 0.2) is 0 Å². The van der Waals surface area contributed by atoms with Crippen molar-refractivity contribution in [3.05, 3.63) is 29.8 Å². The SMILES string of the molecule is Fc1ccc(F)c(NCCCCl)c1. The number of hydrogen-bond donors (Lipinski definition) is 1. The minimum Gasteiger partial charge on any atom is -0.383 e. The second kappa shape index (κ2) is 5.02. The number of alkyl halides is 1. The Morgan fingerprint density at radius 2 is 2.08 bits per heavy atom. The van der Waals surface area contributed by atoms with Crippen molar-refractivity contribution in [1.29, 1.82) is 0 Å². The van der Waals surface area contributed by atoms with Crippen molar-refractivity contribution in [3.8, 4) is 0 Å². The van der Waals surface area contributed by atoms with E-state index < -0.39 is 11.6 Å². The van der Waals surface area contributed by atoms with E-state index in [0.717, 1.165) is 24.6 Å². The molecule has 72 valence electrons. The molecule has 0 atom stereocenters. The minimum absolute atomic E-state index is 0.185. The highest BCUT2D eigenvalue weighted by Crippen LogP contribution is 2.14. The third kappa shape index (κ3) is 3.19. The fourth-order valence-electron chi connectivity index (χ4n) is 0.923. The maximum absolute atomic E-state index is 12.9. The molecule has 1 rings (SSSR count). The zero-order valence-corrected chi connectivity index (χ0v) is 7.74. The molecule has 1 aromatic carbocycles. The molecule has 0 amide bonds. The van der Waals surface area contributed by atoms with Gasteiger partial charge in [-0.1, -0.05) is 0 Å². The summed E-state index contributed by atoms with van der Waals surface area (Å²) in [6.45, 7) is 0.546. The highest BCUT2D eigenvalue weighted by atomic mass is 35.5. The van der Waals surface area contributed by atoms with Crippen LogP contribution in [-0.2, 0) is 0 Å². The Bertz CT molecular complexity index is 278. The first-order valence-electron chi connectivity index (χ1n) is 3.99. The van der Waals surface area contributed by atoms with Crippen molar-refractivity contribution in [2.45, 2.75) is 6.42 Å². The van der Waals surface area contributed by atoms with Crippen molar-refractivity contribution >= 4 is 17.3 Å². The molecule has 0 aliphatic heterocycles. The summed E-state index contributed by atoms with van der Waals surface area (Å²) in [6.07, 6.45) is 0.720. The molecule has 0 aromatic heterocycles. The van der Waals surface area contributed by atoms with Crippen LogP contribution in [0.5, 0.6) is 0 Å². The third-order valence-corrected chi connectivity index (χ3v) is 1.82. The van der Waals surface area contributed by atoms with E-state index in [-0.39, 0.29) is 5.69 Å². The monoisotopic (exact) mass is 205 g/mol. The van der Waals surface area contributed by atoms with Crippen LogP contribution in [0.2, 0.25) is 0 Å². The lowest BCUT2D eigenvalue weighted by atomic mass is 10.3. The molecule has 0 unspecified atom stereocenters. The number of nitrogens with one attached hydrogen (secondary N) is 1. The topological polar surface area (TPSA) is 12.0 Å². The van der Waals surface area contributed by atoms with E-state index in [9.17, 15) is 8.78 Å². The molecule has 4 heteroatoms. The predicted octanol–water partition coefficient (Wildman–Crippen LogP) is 3.01. The Morgan fingerprint density at radius 1 is 1.31 bits per heavy atom. The predicted molar refractivity (Wildman–Crippen MR) is 50.2 cm³/mol. The Labute approximate surface area is 80.7 Å². The lowest BCUT2D eigenvalue weighted by molar-refractivity contribution is 0.602. The molecular formula is C9H10ClF2N. The lowest BCUT2D eigenvalue weighted by Crippen LogP contribution is -2.04. The summed E-state index contributed by atoms with van der Waals surface area (Å²) in [5.41, 5.74) is 0.185. The van der Waals surface area contributed by atoms with Crippen LogP contribution in [0.4, 0.5) is 14.5 Å². The number of rotatable bonds is 4. The standard InChI is InChI=1S/C9H10ClF2N/c10-4-1-5-13-9-6-7(11)2-3-8(9)12/h2-3,6,13H,1,4-5H2. The van der Waals surface area contributed by atoms with Crippen LogP contribution in [-0.4, -0.2) is 12.4 Å². The van der Waals surface area contributed by atoms with Gasteiger partial charge in [0.25, 0.3) is 0 Å². The highest BCUT2D eigenvalue weighted by Gasteiger charge is 2.01. The molecule has 0 spiro atoms. The van der Waals surface area contributed by atoms with E-state index in [1.54, 1.807) is 0 Å². The summed E-state index contributed by atoms with van der Waals surface area (Å²) in [5.74, 6) is -0.394. The van der Waals surface area contributed by atoms with Crippen LogP contribution >= 0.6 is 11.6 Å². The summed E-state index contributed by atoms with van der Waals surface area (Å²) in [5, 5.41) is 2.76. The molecule has 0 fully saturated rings. The van der Waals surface area contributed by atoms with Gasteiger partial charge in [-0.25, -0.2) is 8.78 Å². The van der Waals surface area contributed by atoms with Crippen LogP contribution in [0.3, 0.4) is 0 Å². The van der Waals surface area contributed by atoms with Crippen LogP contribution in [0, 0.1) is 11.6 Å². The molecule has 0 bridgehead atoms. The molecule has 13 heavy (non-hydrogen) atoms. The van der Waals surface area contributed by atoms with Gasteiger partial charge in [0.1, 0.15) is 11.6 Å². The van der Waals surface area contributed by atoms with Gasteiger partial charge in [-0.15, -0.1) is 11.6 Å². The summed E-state index contributed by atoms with van der Waals surface area (Å²) < 4.78 is 25.6. The Kier molecular flexibility index (Phi) is 3.96. The molecule has 0 saturated heterocycles. The average Bonchev–Trinajstić information content (AvgIpc) is 2.11. The van der Waals surface area contributed by atoms with Gasteiger partial charge in [-0.05, 0) is 24.6 Å². The van der Waals surface area contributed by atoms with Crippen molar-refractivity contribution in [2.24, 2.45) is 0 Å². The third-order valence-electron chi connectivity index (χ3n) is 1.55. The summed E-state index contributed by atoms with van der Waals surface area (Å²) in [6, 6.07) is 3.31. The molecule has 0 heterocycles. The fraction of sp³-hybridized carbons (Fsp3) is 0.333. The fourth-order valence-corrected chi connectivity index (χ4v) is 1.06. The number of halogens is 3. The quantitative estimate of drug-likeness (QED) is 0.589. The van der Waals surface area contributed by atoms with E-state index in [1.807, 2.05) is 0 Å². The first-order chi connectivity index (χ1) is 6.24. The first kappa shape index (κ1) is 10.3. The lowest BCUT2D eigenvalue weighted by Gasteiger charge is -2.05. The van der Waals surface area contributed by atoms with Gasteiger partial charge < -0.3 is 5.32 Å². The second-order valence-corrected chi connectivity index (χ2v) is 2.97. The molecule has 1 aromatic rings. The Hall–Kier alpha value is -0.830. The highest BCUT2D eigenvalue weighted by molar-refractivity contribution is 6.17. The smallest absolute Gasteiger partial charge is 0.146 e. The van der Waals surface area contributed by atoms with Gasteiger partial charge in [0, 0.05) is 12.4 Å². The zero-order chi connectivity index (χ0) is 9.68. The molecular weight excluding hydrogens is 196 g/mol. The van der Waals surface area contributed by atoms with Gasteiger partial charge in [0.05, 0.1) is 5.69 Å². The van der Waals surface area contributed by atoms with Crippen molar-refractivity contribution < 1.29 is 8.78 Å². The molecule has 0 radical (unpaired) electrons. The molecule has 1 N–H and O–H groups in total. The minimum atomic E-state index is -0.449. The Balaban J connectivity index is 2.59. The van der Waals surface area contributed by atoms with Crippen LogP contribution in [0.25, 0.3) is 0 Å². The first-order valence-corrected chi connectivity index (χ1v) is 4.52. The maximum atomic E-state index is 12.9. The largest absolute Gasteiger partial charge is 0.383 e. The van der Waals surface area contributed by atoms with E-state index in [4.69, 9.17) is 11.6 Å². The Morgan fingerprint density at radius 3 is 2.77 bits per heavy atom. The number of hydrogen-bond acceptors (Lipinski definition) is 1. The van der Waals surface area contributed by atoms with Crippen LogP contribution < -0.4 is 5.32 Å². The van der Waals surface area contributed by atoms with E-state index in [2.05, 4.69) is 5.32 Å². The van der Waals surface area contributed by atoms with E-state index in [0.29, 0.717) is 12.4 Å². The van der Waals surface area contributed by atoms with Gasteiger partial charge in [-0.3, -0.25) is 0 Å².